The van der Waals surface area contributed by atoms with Gasteiger partial charge in [0.15, 0.2) is 17.6 Å². The number of ether oxygens (including phenoxy) is 3. The number of methoxy groups -OCH3 is 3. The van der Waals surface area contributed by atoms with E-state index in [1.807, 2.05) is 0 Å². The fourth-order valence-electron chi connectivity index (χ4n) is 4.92. The molecule has 3 atom stereocenters. The number of carbonyl (C=O) groups is 2. The van der Waals surface area contributed by atoms with Gasteiger partial charge in [0, 0.05) is 22.7 Å². The number of nitro benzene ring substituents is 1. The van der Waals surface area contributed by atoms with Gasteiger partial charge in [0.25, 0.3) is 11.6 Å². The Morgan fingerprint density at radius 3 is 2.26 bits per heavy atom. The molecule has 0 radical (unpaired) electrons. The number of anilines is 2. The average Bonchev–Trinajstić information content (AvgIpc) is 3.43. The van der Waals surface area contributed by atoms with Crippen molar-refractivity contribution in [3.8, 4) is 17.2 Å². The van der Waals surface area contributed by atoms with E-state index in [2.05, 4.69) is 0 Å². The van der Waals surface area contributed by atoms with Crippen molar-refractivity contribution in [3.05, 3.63) is 81.4 Å². The van der Waals surface area contributed by atoms with E-state index < -0.39 is 34.8 Å². The Morgan fingerprint density at radius 2 is 1.61 bits per heavy atom. The Labute approximate surface area is 222 Å². The van der Waals surface area contributed by atoms with Crippen LogP contribution in [0, 0.1) is 16.0 Å². The van der Waals surface area contributed by atoms with Crippen LogP contribution in [0.2, 0.25) is 5.02 Å². The molecule has 3 unspecified atom stereocenters. The van der Waals surface area contributed by atoms with Gasteiger partial charge in [-0.15, -0.1) is 0 Å². The summed E-state index contributed by atoms with van der Waals surface area (Å²) >= 11 is 6.12. The minimum Gasteiger partial charge on any atom is -0.493 e. The maximum absolute atomic E-state index is 13.9. The second kappa shape index (κ2) is 9.84. The van der Waals surface area contributed by atoms with Crippen LogP contribution >= 0.6 is 11.6 Å². The van der Waals surface area contributed by atoms with E-state index in [9.17, 15) is 19.7 Å². The lowest BCUT2D eigenvalue weighted by Crippen LogP contribution is -2.37. The summed E-state index contributed by atoms with van der Waals surface area (Å²) in [6, 6.07) is 14.5. The highest BCUT2D eigenvalue weighted by Gasteiger charge is 2.61. The Morgan fingerprint density at radius 1 is 0.895 bits per heavy atom. The largest absolute Gasteiger partial charge is 0.493 e. The van der Waals surface area contributed by atoms with E-state index in [0.717, 1.165) is 4.90 Å². The summed E-state index contributed by atoms with van der Waals surface area (Å²) in [5, 5.41) is 13.2. The third-order valence-corrected chi connectivity index (χ3v) is 6.77. The van der Waals surface area contributed by atoms with Crippen molar-refractivity contribution < 1.29 is 33.6 Å². The van der Waals surface area contributed by atoms with Crippen molar-refractivity contribution in [2.45, 2.75) is 12.1 Å². The van der Waals surface area contributed by atoms with E-state index in [4.69, 9.17) is 30.6 Å². The van der Waals surface area contributed by atoms with E-state index in [-0.39, 0.29) is 22.9 Å². The molecule has 2 aliphatic heterocycles. The van der Waals surface area contributed by atoms with Crippen LogP contribution in [0.4, 0.5) is 17.1 Å². The van der Waals surface area contributed by atoms with Crippen LogP contribution in [0.25, 0.3) is 0 Å². The number of halogens is 1. The van der Waals surface area contributed by atoms with Crippen LogP contribution in [0.5, 0.6) is 17.2 Å². The topological polar surface area (TPSA) is 121 Å². The van der Waals surface area contributed by atoms with Gasteiger partial charge < -0.3 is 14.2 Å². The maximum atomic E-state index is 13.9. The molecular formula is C26H22ClN3O8. The van der Waals surface area contributed by atoms with Crippen molar-refractivity contribution in [3.63, 3.8) is 0 Å². The number of nitrogens with zero attached hydrogens (tertiary/aromatic N) is 3. The highest BCUT2D eigenvalue weighted by Crippen LogP contribution is 2.53. The van der Waals surface area contributed by atoms with Gasteiger partial charge in [-0.05, 0) is 36.4 Å². The monoisotopic (exact) mass is 539 g/mol. The Bertz CT molecular complexity index is 1450. The van der Waals surface area contributed by atoms with Gasteiger partial charge in [0.05, 0.1) is 37.6 Å². The van der Waals surface area contributed by atoms with Gasteiger partial charge in [-0.1, -0.05) is 23.7 Å². The van der Waals surface area contributed by atoms with Gasteiger partial charge >= 0.3 is 0 Å². The molecule has 0 spiro atoms. The van der Waals surface area contributed by atoms with Crippen molar-refractivity contribution in [1.29, 1.82) is 0 Å². The SMILES string of the molecule is COc1ccc(C2C3C(=O)N(c4cccc(Cl)c4)C(=O)C3ON2c2cccc([N+](=O)[O-])c2)c(OC)c1OC. The Kier molecular flexibility index (Phi) is 6.55. The Hall–Kier alpha value is -4.35. The highest BCUT2D eigenvalue weighted by molar-refractivity contribution is 6.31. The lowest BCUT2D eigenvalue weighted by Gasteiger charge is -2.30. The molecule has 11 nitrogen and oxygen atoms in total. The van der Waals surface area contributed by atoms with Crippen molar-refractivity contribution in [1.82, 2.24) is 0 Å². The van der Waals surface area contributed by atoms with Crippen molar-refractivity contribution >= 4 is 40.5 Å². The fourth-order valence-corrected chi connectivity index (χ4v) is 5.11. The van der Waals surface area contributed by atoms with E-state index in [1.165, 1.54) is 50.7 Å². The maximum Gasteiger partial charge on any atom is 0.271 e. The number of imide groups is 1. The van der Waals surface area contributed by atoms with Crippen LogP contribution < -0.4 is 24.2 Å². The van der Waals surface area contributed by atoms with E-state index in [1.54, 1.807) is 36.4 Å². The summed E-state index contributed by atoms with van der Waals surface area (Å²) in [7, 11) is 4.36. The lowest BCUT2D eigenvalue weighted by molar-refractivity contribution is -0.384. The first-order valence-electron chi connectivity index (χ1n) is 11.4. The first-order chi connectivity index (χ1) is 18.3. The minimum absolute atomic E-state index is 0.181. The molecule has 196 valence electrons. The standard InChI is InChI=1S/C26H22ClN3O8/c1-35-19-11-10-18(22(36-2)23(19)37-3)21-20-24(38-29(21)16-8-5-9-17(13-16)30(33)34)26(32)28(25(20)31)15-7-4-6-14(27)12-15/h4-13,20-21,24H,1-3H3. The molecule has 12 heteroatoms. The summed E-state index contributed by atoms with van der Waals surface area (Å²) < 4.78 is 16.6. The van der Waals surface area contributed by atoms with Gasteiger partial charge in [0.2, 0.25) is 11.7 Å². The van der Waals surface area contributed by atoms with Crippen LogP contribution in [0.15, 0.2) is 60.7 Å². The average molecular weight is 540 g/mol. The van der Waals surface area contributed by atoms with Crippen molar-refractivity contribution in [2.75, 3.05) is 31.3 Å². The highest BCUT2D eigenvalue weighted by atomic mass is 35.5. The number of hydrogen-bond acceptors (Lipinski definition) is 9. The lowest BCUT2D eigenvalue weighted by atomic mass is 9.89. The molecule has 0 bridgehead atoms. The number of rotatable bonds is 7. The van der Waals surface area contributed by atoms with Gasteiger partial charge in [-0.2, -0.15) is 0 Å². The molecule has 0 aliphatic carbocycles. The normalized spacial score (nSPS) is 20.5. The summed E-state index contributed by atoms with van der Waals surface area (Å²) in [6.07, 6.45) is -1.21. The quantitative estimate of drug-likeness (QED) is 0.245. The molecule has 2 fully saturated rings. The molecule has 0 N–H and O–H groups in total. The van der Waals surface area contributed by atoms with E-state index in [0.29, 0.717) is 22.0 Å². The second-order valence-corrected chi connectivity index (χ2v) is 8.95. The molecule has 3 aromatic rings. The van der Waals surface area contributed by atoms with Gasteiger partial charge in [0.1, 0.15) is 12.0 Å². The summed E-state index contributed by atoms with van der Waals surface area (Å²) in [4.78, 5) is 45.5. The summed E-state index contributed by atoms with van der Waals surface area (Å²) in [5.74, 6) is -1.19. The Balaban J connectivity index is 1.68. The number of nitro groups is 1. The second-order valence-electron chi connectivity index (χ2n) is 8.51. The zero-order chi connectivity index (χ0) is 27.1. The number of carbonyl (C=O) groups excluding carboxylic acids is 2. The van der Waals surface area contributed by atoms with Crippen LogP contribution in [0.3, 0.4) is 0 Å². The number of fused-ring (bicyclic) bond motifs is 1. The molecule has 2 heterocycles. The van der Waals surface area contributed by atoms with Crippen LogP contribution in [-0.2, 0) is 14.4 Å². The van der Waals surface area contributed by atoms with E-state index >= 15 is 0 Å². The first kappa shape index (κ1) is 25.3. The smallest absolute Gasteiger partial charge is 0.271 e. The molecular weight excluding hydrogens is 518 g/mol. The number of amides is 2. The molecule has 0 saturated carbocycles. The molecule has 3 aromatic carbocycles. The molecule has 0 aromatic heterocycles. The zero-order valence-electron chi connectivity index (χ0n) is 20.5. The first-order valence-corrected chi connectivity index (χ1v) is 11.8. The molecule has 38 heavy (non-hydrogen) atoms. The summed E-state index contributed by atoms with van der Waals surface area (Å²) in [5.41, 5.74) is 0.869. The third-order valence-electron chi connectivity index (χ3n) is 6.53. The summed E-state index contributed by atoms with van der Waals surface area (Å²) in [6.45, 7) is 0. The number of hydroxylamine groups is 1. The minimum atomic E-state index is -1.21. The van der Waals surface area contributed by atoms with Crippen LogP contribution in [0.1, 0.15) is 11.6 Å². The number of non-ortho nitro benzene ring substituents is 1. The molecule has 5 rings (SSSR count). The number of hydrogen-bond donors (Lipinski definition) is 0. The third kappa shape index (κ3) is 3.96. The number of benzene rings is 3. The predicted octanol–water partition coefficient (Wildman–Crippen LogP) is 4.33. The molecule has 2 aliphatic rings. The molecule has 2 amide bonds. The van der Waals surface area contributed by atoms with Crippen LogP contribution in [-0.4, -0.2) is 44.2 Å². The van der Waals surface area contributed by atoms with Gasteiger partial charge in [-0.3, -0.25) is 24.5 Å². The van der Waals surface area contributed by atoms with Crippen molar-refractivity contribution in [2.24, 2.45) is 5.92 Å². The fraction of sp³-hybridized carbons (Fsp3) is 0.231. The van der Waals surface area contributed by atoms with Gasteiger partial charge in [-0.25, -0.2) is 9.96 Å². The zero-order valence-corrected chi connectivity index (χ0v) is 21.2. The molecule has 2 saturated heterocycles. The predicted molar refractivity (Wildman–Crippen MR) is 137 cm³/mol.